The lowest BCUT2D eigenvalue weighted by atomic mass is 9.77. The fourth-order valence-electron chi connectivity index (χ4n) is 3.00. The van der Waals surface area contributed by atoms with E-state index in [1.807, 2.05) is 18.2 Å². The van der Waals surface area contributed by atoms with Gasteiger partial charge in [-0.3, -0.25) is 0 Å². The van der Waals surface area contributed by atoms with Crippen LogP contribution in [0.5, 0.6) is 0 Å². The minimum Gasteiger partial charge on any atom is -0.393 e. The van der Waals surface area contributed by atoms with Gasteiger partial charge >= 0.3 is 0 Å². The molecular formula is C14H18O3. The van der Waals surface area contributed by atoms with Crippen molar-refractivity contribution >= 4 is 0 Å². The average molecular weight is 234 g/mol. The molecule has 0 amide bonds. The lowest BCUT2D eigenvalue weighted by Crippen LogP contribution is -2.43. The second-order valence-electron chi connectivity index (χ2n) is 4.90. The van der Waals surface area contributed by atoms with Crippen LogP contribution in [0.3, 0.4) is 0 Å². The smallest absolute Gasteiger partial charge is 0.175 e. The first-order chi connectivity index (χ1) is 8.30. The van der Waals surface area contributed by atoms with Crippen LogP contribution < -0.4 is 0 Å². The molecule has 1 aliphatic heterocycles. The molecule has 17 heavy (non-hydrogen) atoms. The summed E-state index contributed by atoms with van der Waals surface area (Å²) >= 11 is 0. The molecular weight excluding hydrogens is 216 g/mol. The van der Waals surface area contributed by atoms with Crippen molar-refractivity contribution in [2.24, 2.45) is 0 Å². The van der Waals surface area contributed by atoms with Crippen LogP contribution in [0.15, 0.2) is 30.3 Å². The van der Waals surface area contributed by atoms with Gasteiger partial charge in [0.05, 0.1) is 19.3 Å². The van der Waals surface area contributed by atoms with Gasteiger partial charge in [-0.25, -0.2) is 0 Å². The zero-order valence-corrected chi connectivity index (χ0v) is 9.84. The van der Waals surface area contributed by atoms with Gasteiger partial charge in [-0.2, -0.15) is 0 Å². The van der Waals surface area contributed by atoms with E-state index in [0.717, 1.165) is 19.3 Å². The molecule has 0 radical (unpaired) electrons. The predicted octanol–water partition coefficient (Wildman–Crippen LogP) is 2.06. The number of aliphatic hydroxyl groups is 1. The molecule has 2 atom stereocenters. The third kappa shape index (κ3) is 1.99. The lowest BCUT2D eigenvalue weighted by molar-refractivity contribution is -0.202. The van der Waals surface area contributed by atoms with E-state index in [1.165, 1.54) is 5.56 Å². The minimum atomic E-state index is -0.486. The highest BCUT2D eigenvalue weighted by Crippen LogP contribution is 2.46. The van der Waals surface area contributed by atoms with Gasteiger partial charge in [0.25, 0.3) is 0 Å². The third-order valence-electron chi connectivity index (χ3n) is 3.84. The van der Waals surface area contributed by atoms with E-state index in [2.05, 4.69) is 12.1 Å². The van der Waals surface area contributed by atoms with Crippen molar-refractivity contribution in [3.8, 4) is 0 Å². The first-order valence-corrected chi connectivity index (χ1v) is 6.31. The first-order valence-electron chi connectivity index (χ1n) is 6.31. The molecule has 3 rings (SSSR count). The normalized spacial score (nSPS) is 31.8. The number of rotatable bonds is 1. The van der Waals surface area contributed by atoms with Crippen LogP contribution in [0.4, 0.5) is 0 Å². The second-order valence-corrected chi connectivity index (χ2v) is 4.90. The van der Waals surface area contributed by atoms with Crippen molar-refractivity contribution in [3.63, 3.8) is 0 Å². The molecule has 1 aliphatic carbocycles. The summed E-state index contributed by atoms with van der Waals surface area (Å²) < 4.78 is 11.7. The molecule has 92 valence electrons. The van der Waals surface area contributed by atoms with Crippen LogP contribution in [-0.4, -0.2) is 30.2 Å². The van der Waals surface area contributed by atoms with Gasteiger partial charge in [-0.05, 0) is 18.4 Å². The topological polar surface area (TPSA) is 38.7 Å². The maximum atomic E-state index is 9.87. The van der Waals surface area contributed by atoms with Gasteiger partial charge in [0.15, 0.2) is 5.79 Å². The van der Waals surface area contributed by atoms with Gasteiger partial charge < -0.3 is 14.6 Å². The predicted molar refractivity (Wildman–Crippen MR) is 63.7 cm³/mol. The van der Waals surface area contributed by atoms with Crippen molar-refractivity contribution in [1.29, 1.82) is 0 Å². The van der Waals surface area contributed by atoms with Crippen LogP contribution in [-0.2, 0) is 9.47 Å². The Bertz CT molecular complexity index is 370. The molecule has 1 aromatic rings. The summed E-state index contributed by atoms with van der Waals surface area (Å²) in [4.78, 5) is 0. The Morgan fingerprint density at radius 2 is 1.82 bits per heavy atom. The Balaban J connectivity index is 1.92. The summed E-state index contributed by atoms with van der Waals surface area (Å²) in [5.41, 5.74) is 1.20. The Morgan fingerprint density at radius 3 is 2.53 bits per heavy atom. The molecule has 1 spiro atoms. The van der Waals surface area contributed by atoms with E-state index in [9.17, 15) is 5.11 Å². The molecule has 1 N–H and O–H groups in total. The van der Waals surface area contributed by atoms with Crippen molar-refractivity contribution < 1.29 is 14.6 Å². The number of benzene rings is 1. The molecule has 2 fully saturated rings. The monoisotopic (exact) mass is 234 g/mol. The molecule has 1 saturated heterocycles. The highest BCUT2D eigenvalue weighted by Gasteiger charge is 2.48. The second kappa shape index (κ2) is 4.41. The highest BCUT2D eigenvalue weighted by molar-refractivity contribution is 5.23. The Kier molecular flexibility index (Phi) is 2.90. The van der Waals surface area contributed by atoms with E-state index >= 15 is 0 Å². The molecule has 3 heteroatoms. The summed E-state index contributed by atoms with van der Waals surface area (Å²) in [6, 6.07) is 10.2. The van der Waals surface area contributed by atoms with Crippen LogP contribution in [0.25, 0.3) is 0 Å². The molecule has 1 heterocycles. The zero-order valence-electron chi connectivity index (χ0n) is 9.84. The van der Waals surface area contributed by atoms with Crippen LogP contribution in [0, 0.1) is 0 Å². The molecule has 0 bridgehead atoms. The maximum absolute atomic E-state index is 9.87. The maximum Gasteiger partial charge on any atom is 0.175 e. The van der Waals surface area contributed by atoms with Crippen molar-refractivity contribution in [2.75, 3.05) is 13.2 Å². The minimum absolute atomic E-state index is 0.148. The lowest BCUT2D eigenvalue weighted by Gasteiger charge is -2.41. The molecule has 2 unspecified atom stereocenters. The number of hydrogen-bond donors (Lipinski definition) is 1. The van der Waals surface area contributed by atoms with E-state index in [0.29, 0.717) is 13.2 Å². The van der Waals surface area contributed by atoms with E-state index in [1.54, 1.807) is 0 Å². The van der Waals surface area contributed by atoms with E-state index in [4.69, 9.17) is 9.47 Å². The SMILES string of the molecule is OC1CCC2(OCCO2)C(c2ccccc2)C1. The summed E-state index contributed by atoms with van der Waals surface area (Å²) in [5, 5.41) is 9.87. The van der Waals surface area contributed by atoms with Gasteiger partial charge in [-0.1, -0.05) is 30.3 Å². The summed E-state index contributed by atoms with van der Waals surface area (Å²) in [5.74, 6) is -0.337. The number of hydrogen-bond acceptors (Lipinski definition) is 3. The Labute approximate surface area is 101 Å². The molecule has 1 aromatic carbocycles. The molecule has 0 aromatic heterocycles. The first kappa shape index (κ1) is 11.2. The Hall–Kier alpha value is -0.900. The zero-order chi connectivity index (χ0) is 11.7. The standard InChI is InChI=1S/C14H18O3/c15-12-6-7-14(16-8-9-17-14)13(10-12)11-4-2-1-3-5-11/h1-5,12-13,15H,6-10H2. The van der Waals surface area contributed by atoms with Gasteiger partial charge in [0.1, 0.15) is 0 Å². The summed E-state index contributed by atoms with van der Waals surface area (Å²) in [6.07, 6.45) is 2.04. The van der Waals surface area contributed by atoms with Crippen LogP contribution in [0.2, 0.25) is 0 Å². The summed E-state index contributed by atoms with van der Waals surface area (Å²) in [6.45, 7) is 1.33. The molecule has 3 nitrogen and oxygen atoms in total. The molecule has 1 saturated carbocycles. The number of ether oxygens (including phenoxy) is 2. The van der Waals surface area contributed by atoms with Crippen molar-refractivity contribution in [2.45, 2.75) is 37.1 Å². The van der Waals surface area contributed by atoms with Gasteiger partial charge in [-0.15, -0.1) is 0 Å². The van der Waals surface area contributed by atoms with Gasteiger partial charge in [0.2, 0.25) is 0 Å². The molecule has 2 aliphatic rings. The summed E-state index contributed by atoms with van der Waals surface area (Å²) in [7, 11) is 0. The van der Waals surface area contributed by atoms with Crippen molar-refractivity contribution in [3.05, 3.63) is 35.9 Å². The van der Waals surface area contributed by atoms with Crippen LogP contribution >= 0.6 is 0 Å². The largest absolute Gasteiger partial charge is 0.393 e. The third-order valence-corrected chi connectivity index (χ3v) is 3.84. The Morgan fingerprint density at radius 1 is 1.12 bits per heavy atom. The quantitative estimate of drug-likeness (QED) is 0.808. The van der Waals surface area contributed by atoms with Gasteiger partial charge in [0, 0.05) is 12.3 Å². The van der Waals surface area contributed by atoms with E-state index in [-0.39, 0.29) is 12.0 Å². The number of aliphatic hydroxyl groups excluding tert-OH is 1. The van der Waals surface area contributed by atoms with Crippen molar-refractivity contribution in [1.82, 2.24) is 0 Å². The van der Waals surface area contributed by atoms with E-state index < -0.39 is 5.79 Å². The fourth-order valence-corrected chi connectivity index (χ4v) is 3.00. The average Bonchev–Trinajstić information content (AvgIpc) is 2.83. The highest BCUT2D eigenvalue weighted by atomic mass is 16.7. The fraction of sp³-hybridized carbons (Fsp3) is 0.571. The van der Waals surface area contributed by atoms with Crippen LogP contribution in [0.1, 0.15) is 30.7 Å².